The monoisotopic (exact) mass is 300 g/mol. The predicted octanol–water partition coefficient (Wildman–Crippen LogP) is 3.22. The summed E-state index contributed by atoms with van der Waals surface area (Å²) in [6.45, 7) is 0.907. The lowest BCUT2D eigenvalue weighted by molar-refractivity contribution is -0.130. The average Bonchev–Trinajstić information content (AvgIpc) is 2.53. The van der Waals surface area contributed by atoms with E-state index in [1.54, 1.807) is 18.2 Å². The van der Waals surface area contributed by atoms with Gasteiger partial charge in [-0.3, -0.25) is 0 Å². The van der Waals surface area contributed by atoms with Gasteiger partial charge in [0.05, 0.1) is 5.57 Å². The summed E-state index contributed by atoms with van der Waals surface area (Å²) in [6.07, 6.45) is 1.49. The Hall–Kier alpha value is -2.82. The SMILES string of the molecule is O=C(O)/C(=C\c1ccc(F)cc1)c1ccc2c(c1)OCCO2. The summed E-state index contributed by atoms with van der Waals surface area (Å²) in [5.74, 6) is -0.314. The van der Waals surface area contributed by atoms with Gasteiger partial charge in [-0.15, -0.1) is 0 Å². The van der Waals surface area contributed by atoms with Crippen molar-refractivity contribution in [3.05, 3.63) is 59.4 Å². The first-order valence-corrected chi connectivity index (χ1v) is 6.74. The van der Waals surface area contributed by atoms with E-state index in [9.17, 15) is 14.3 Å². The van der Waals surface area contributed by atoms with Gasteiger partial charge in [0.1, 0.15) is 19.0 Å². The van der Waals surface area contributed by atoms with Gasteiger partial charge in [0, 0.05) is 0 Å². The minimum Gasteiger partial charge on any atom is -0.486 e. The van der Waals surface area contributed by atoms with Gasteiger partial charge < -0.3 is 14.6 Å². The van der Waals surface area contributed by atoms with Crippen molar-refractivity contribution in [3.8, 4) is 11.5 Å². The molecule has 1 aliphatic rings. The summed E-state index contributed by atoms with van der Waals surface area (Å²) >= 11 is 0. The van der Waals surface area contributed by atoms with E-state index in [4.69, 9.17) is 9.47 Å². The van der Waals surface area contributed by atoms with Crippen LogP contribution in [0.2, 0.25) is 0 Å². The molecule has 0 spiro atoms. The van der Waals surface area contributed by atoms with Crippen molar-refractivity contribution in [1.29, 1.82) is 0 Å². The fourth-order valence-corrected chi connectivity index (χ4v) is 2.21. The molecular formula is C17H13FO4. The zero-order chi connectivity index (χ0) is 15.5. The first-order chi connectivity index (χ1) is 10.6. The van der Waals surface area contributed by atoms with Gasteiger partial charge in [-0.2, -0.15) is 0 Å². The lowest BCUT2D eigenvalue weighted by Crippen LogP contribution is -2.15. The van der Waals surface area contributed by atoms with Gasteiger partial charge in [-0.25, -0.2) is 9.18 Å². The Morgan fingerprint density at radius 3 is 2.41 bits per heavy atom. The van der Waals surface area contributed by atoms with Crippen LogP contribution in [0.4, 0.5) is 4.39 Å². The Labute approximate surface area is 126 Å². The smallest absolute Gasteiger partial charge is 0.336 e. The fourth-order valence-electron chi connectivity index (χ4n) is 2.21. The largest absolute Gasteiger partial charge is 0.486 e. The molecule has 0 aliphatic carbocycles. The number of carboxylic acid groups (broad SMARTS) is 1. The molecule has 0 aromatic heterocycles. The van der Waals surface area contributed by atoms with Crippen molar-refractivity contribution in [2.24, 2.45) is 0 Å². The van der Waals surface area contributed by atoms with E-state index in [1.807, 2.05) is 0 Å². The molecule has 0 saturated heterocycles. The highest BCUT2D eigenvalue weighted by molar-refractivity contribution is 6.20. The quantitative estimate of drug-likeness (QED) is 0.698. The first-order valence-electron chi connectivity index (χ1n) is 6.74. The number of fused-ring (bicyclic) bond motifs is 1. The predicted molar refractivity (Wildman–Crippen MR) is 79.3 cm³/mol. The lowest BCUT2D eigenvalue weighted by atomic mass is 10.0. The number of ether oxygens (including phenoxy) is 2. The number of carboxylic acids is 1. The number of benzene rings is 2. The normalized spacial score (nSPS) is 13.8. The molecule has 0 unspecified atom stereocenters. The Bertz CT molecular complexity index is 735. The lowest BCUT2D eigenvalue weighted by Gasteiger charge is -2.19. The second-order valence-electron chi connectivity index (χ2n) is 4.77. The number of hydrogen-bond donors (Lipinski definition) is 1. The van der Waals surface area contributed by atoms with Crippen LogP contribution in [0.5, 0.6) is 11.5 Å². The van der Waals surface area contributed by atoms with Gasteiger partial charge in [-0.1, -0.05) is 18.2 Å². The maximum atomic E-state index is 12.9. The second kappa shape index (κ2) is 5.89. The number of hydrogen-bond acceptors (Lipinski definition) is 3. The molecule has 1 heterocycles. The van der Waals surface area contributed by atoms with Crippen molar-refractivity contribution in [2.75, 3.05) is 13.2 Å². The Morgan fingerprint density at radius 2 is 1.73 bits per heavy atom. The molecule has 0 bridgehead atoms. The Morgan fingerprint density at radius 1 is 1.05 bits per heavy atom. The highest BCUT2D eigenvalue weighted by Crippen LogP contribution is 2.33. The minimum atomic E-state index is -1.07. The second-order valence-corrected chi connectivity index (χ2v) is 4.77. The van der Waals surface area contributed by atoms with Crippen LogP contribution in [0.1, 0.15) is 11.1 Å². The van der Waals surface area contributed by atoms with Crippen molar-refractivity contribution in [3.63, 3.8) is 0 Å². The van der Waals surface area contributed by atoms with Gasteiger partial charge in [-0.05, 0) is 41.5 Å². The Kier molecular flexibility index (Phi) is 3.78. The zero-order valence-electron chi connectivity index (χ0n) is 11.6. The standard InChI is InChI=1S/C17H13FO4/c18-13-4-1-11(2-5-13)9-14(17(19)20)12-3-6-15-16(10-12)22-8-7-21-15/h1-6,9-10H,7-8H2,(H,19,20)/b14-9-. The molecule has 1 aliphatic heterocycles. The van der Waals surface area contributed by atoms with Crippen LogP contribution in [-0.4, -0.2) is 24.3 Å². The van der Waals surface area contributed by atoms with Crippen LogP contribution < -0.4 is 9.47 Å². The third kappa shape index (κ3) is 2.93. The molecule has 5 heteroatoms. The van der Waals surface area contributed by atoms with Crippen LogP contribution in [0, 0.1) is 5.82 Å². The molecule has 2 aromatic rings. The third-order valence-electron chi connectivity index (χ3n) is 3.26. The zero-order valence-corrected chi connectivity index (χ0v) is 11.6. The fraction of sp³-hybridized carbons (Fsp3) is 0.118. The molecule has 0 saturated carbocycles. The van der Waals surface area contributed by atoms with Crippen molar-refractivity contribution >= 4 is 17.6 Å². The average molecular weight is 300 g/mol. The number of rotatable bonds is 3. The van der Waals surface area contributed by atoms with E-state index < -0.39 is 5.97 Å². The number of carbonyl (C=O) groups is 1. The summed E-state index contributed by atoms with van der Waals surface area (Å²) < 4.78 is 23.8. The van der Waals surface area contributed by atoms with Crippen molar-refractivity contribution in [1.82, 2.24) is 0 Å². The third-order valence-corrected chi connectivity index (χ3v) is 3.26. The molecule has 0 radical (unpaired) electrons. The number of aliphatic carboxylic acids is 1. The van der Waals surface area contributed by atoms with Gasteiger partial charge >= 0.3 is 5.97 Å². The van der Waals surface area contributed by atoms with E-state index >= 15 is 0 Å². The summed E-state index contributed by atoms with van der Waals surface area (Å²) in [7, 11) is 0. The molecule has 1 N–H and O–H groups in total. The van der Waals surface area contributed by atoms with Crippen molar-refractivity contribution in [2.45, 2.75) is 0 Å². The van der Waals surface area contributed by atoms with Crippen LogP contribution in [0.25, 0.3) is 11.6 Å². The molecular weight excluding hydrogens is 287 g/mol. The minimum absolute atomic E-state index is 0.101. The van der Waals surface area contributed by atoms with E-state index in [0.717, 1.165) is 0 Å². The molecule has 0 fully saturated rings. The van der Waals surface area contributed by atoms with Crippen molar-refractivity contribution < 1.29 is 23.8 Å². The first kappa shape index (κ1) is 14.1. The topological polar surface area (TPSA) is 55.8 Å². The highest BCUT2D eigenvalue weighted by Gasteiger charge is 2.16. The van der Waals surface area contributed by atoms with Crippen LogP contribution in [-0.2, 0) is 4.79 Å². The van der Waals surface area contributed by atoms with Gasteiger partial charge in [0.2, 0.25) is 0 Å². The maximum absolute atomic E-state index is 12.9. The van der Waals surface area contributed by atoms with Crippen LogP contribution in [0.3, 0.4) is 0 Å². The van der Waals surface area contributed by atoms with Crippen LogP contribution in [0.15, 0.2) is 42.5 Å². The van der Waals surface area contributed by atoms with E-state index in [2.05, 4.69) is 0 Å². The van der Waals surface area contributed by atoms with E-state index in [0.29, 0.717) is 35.8 Å². The van der Waals surface area contributed by atoms with Gasteiger partial charge in [0.25, 0.3) is 0 Å². The summed E-state index contributed by atoms with van der Waals surface area (Å²) in [5.41, 5.74) is 1.21. The maximum Gasteiger partial charge on any atom is 0.336 e. The molecule has 22 heavy (non-hydrogen) atoms. The molecule has 4 nitrogen and oxygen atoms in total. The van der Waals surface area contributed by atoms with E-state index in [1.165, 1.54) is 30.3 Å². The summed E-state index contributed by atoms with van der Waals surface area (Å²) in [4.78, 5) is 11.5. The number of halogens is 1. The molecule has 112 valence electrons. The molecule has 2 aromatic carbocycles. The summed E-state index contributed by atoms with van der Waals surface area (Å²) in [6, 6.07) is 10.6. The Balaban J connectivity index is 2.01. The van der Waals surface area contributed by atoms with Crippen LogP contribution >= 0.6 is 0 Å². The molecule has 0 atom stereocenters. The molecule has 3 rings (SSSR count). The molecule has 0 amide bonds. The summed E-state index contributed by atoms with van der Waals surface area (Å²) in [5, 5.41) is 9.43. The van der Waals surface area contributed by atoms with Gasteiger partial charge in [0.15, 0.2) is 11.5 Å². The highest BCUT2D eigenvalue weighted by atomic mass is 19.1. The van der Waals surface area contributed by atoms with E-state index in [-0.39, 0.29) is 11.4 Å².